The minimum Gasteiger partial charge on any atom is -0.480 e. The number of aromatic nitrogens is 2. The van der Waals surface area contributed by atoms with Crippen molar-refractivity contribution in [2.75, 3.05) is 16.8 Å². The van der Waals surface area contributed by atoms with Crippen LogP contribution in [0.2, 0.25) is 5.02 Å². The molecule has 3 aromatic carbocycles. The predicted octanol–water partition coefficient (Wildman–Crippen LogP) is 6.45. The number of nitrogens with zero attached hydrogens (tertiary/aromatic N) is 3. The van der Waals surface area contributed by atoms with E-state index in [1.807, 2.05) is 30.3 Å². The third-order valence-corrected chi connectivity index (χ3v) is 7.42. The van der Waals surface area contributed by atoms with E-state index in [0.29, 0.717) is 33.9 Å². The molecule has 10 heteroatoms. The fourth-order valence-corrected chi connectivity index (χ4v) is 5.74. The zero-order chi connectivity index (χ0) is 28.0. The van der Waals surface area contributed by atoms with Crippen molar-refractivity contribution in [2.45, 2.75) is 25.8 Å². The summed E-state index contributed by atoms with van der Waals surface area (Å²) < 4.78 is 21.0. The first kappa shape index (κ1) is 25.8. The van der Waals surface area contributed by atoms with Crippen molar-refractivity contribution in [2.24, 2.45) is 5.92 Å². The van der Waals surface area contributed by atoms with Crippen LogP contribution in [-0.4, -0.2) is 39.5 Å². The number of anilines is 2. The minimum absolute atomic E-state index is 0.0350. The number of para-hydroxylation sites is 1. The van der Waals surface area contributed by atoms with Gasteiger partial charge in [-0.05, 0) is 49.1 Å². The summed E-state index contributed by atoms with van der Waals surface area (Å²) in [6.45, 7) is 2.02. The number of hydrogen-bond acceptors (Lipinski definition) is 6. The van der Waals surface area contributed by atoms with Crippen LogP contribution in [0.25, 0.3) is 33.2 Å². The zero-order valence-corrected chi connectivity index (χ0v) is 22.2. The maximum absolute atomic E-state index is 14.9. The smallest absolute Gasteiger partial charge is 0.326 e. The molecule has 1 aliphatic rings. The van der Waals surface area contributed by atoms with Crippen molar-refractivity contribution < 1.29 is 23.5 Å². The fraction of sp³-hybridized carbons (Fsp3) is 0.200. The minimum atomic E-state index is -1.02. The molecule has 1 aliphatic heterocycles. The van der Waals surface area contributed by atoms with E-state index < -0.39 is 17.8 Å². The molecule has 0 unspecified atom stereocenters. The first-order valence-corrected chi connectivity index (χ1v) is 13.2. The van der Waals surface area contributed by atoms with Gasteiger partial charge in [0.05, 0.1) is 5.02 Å². The SMILES string of the molecule is Cc1nc(N2C[C@@H](CC(=O)Nc3cc(F)c(-c4ccccc4)c(Cl)c3)C[C@H]2C(=O)O)c2oc3ccccc3c2n1. The highest BCUT2D eigenvalue weighted by Gasteiger charge is 2.40. The second kappa shape index (κ2) is 10.2. The number of halogens is 2. The van der Waals surface area contributed by atoms with Crippen molar-refractivity contribution in [3.8, 4) is 11.1 Å². The Labute approximate surface area is 233 Å². The Balaban J connectivity index is 1.23. The summed E-state index contributed by atoms with van der Waals surface area (Å²) in [6, 6.07) is 18.2. The number of rotatable bonds is 6. The first-order valence-electron chi connectivity index (χ1n) is 12.8. The van der Waals surface area contributed by atoms with Gasteiger partial charge >= 0.3 is 5.97 Å². The molecule has 1 fully saturated rings. The van der Waals surface area contributed by atoms with Gasteiger partial charge in [0.2, 0.25) is 5.91 Å². The first-order chi connectivity index (χ1) is 19.3. The average molecular weight is 559 g/mol. The number of carbonyl (C=O) groups excluding carboxylic acids is 1. The maximum atomic E-state index is 14.9. The van der Waals surface area contributed by atoms with Crippen LogP contribution in [0.5, 0.6) is 0 Å². The Morgan fingerprint density at radius 1 is 1.12 bits per heavy atom. The van der Waals surface area contributed by atoms with E-state index >= 15 is 0 Å². The number of benzene rings is 3. The zero-order valence-electron chi connectivity index (χ0n) is 21.4. The number of aliphatic carboxylic acids is 1. The summed E-state index contributed by atoms with van der Waals surface area (Å²) >= 11 is 6.37. The normalized spacial score (nSPS) is 17.0. The van der Waals surface area contributed by atoms with E-state index in [0.717, 1.165) is 5.39 Å². The van der Waals surface area contributed by atoms with Gasteiger partial charge in [-0.2, -0.15) is 0 Å². The van der Waals surface area contributed by atoms with Crippen molar-refractivity contribution in [1.29, 1.82) is 0 Å². The lowest BCUT2D eigenvalue weighted by Crippen LogP contribution is -2.36. The molecular weight excluding hydrogens is 535 g/mol. The van der Waals surface area contributed by atoms with Crippen LogP contribution < -0.4 is 10.2 Å². The second-order valence-electron chi connectivity index (χ2n) is 9.91. The van der Waals surface area contributed by atoms with E-state index in [1.165, 1.54) is 12.1 Å². The summed E-state index contributed by atoms with van der Waals surface area (Å²) in [5, 5.41) is 13.7. The summed E-state index contributed by atoms with van der Waals surface area (Å²) in [5.74, 6) is -1.36. The number of carboxylic acid groups (broad SMARTS) is 1. The molecule has 6 rings (SSSR count). The van der Waals surface area contributed by atoms with E-state index in [-0.39, 0.29) is 47.5 Å². The van der Waals surface area contributed by atoms with Crippen LogP contribution in [0.1, 0.15) is 18.7 Å². The van der Waals surface area contributed by atoms with E-state index in [9.17, 15) is 19.1 Å². The number of fused-ring (bicyclic) bond motifs is 3. The number of amides is 1. The van der Waals surface area contributed by atoms with Crippen molar-refractivity contribution in [1.82, 2.24) is 9.97 Å². The molecule has 1 amide bonds. The van der Waals surface area contributed by atoms with Crippen LogP contribution in [0.3, 0.4) is 0 Å². The van der Waals surface area contributed by atoms with Crippen LogP contribution in [0, 0.1) is 18.7 Å². The molecule has 202 valence electrons. The molecule has 2 aromatic heterocycles. The van der Waals surface area contributed by atoms with Gasteiger partial charge in [0.25, 0.3) is 0 Å². The number of nitrogens with one attached hydrogen (secondary N) is 1. The molecule has 0 radical (unpaired) electrons. The maximum Gasteiger partial charge on any atom is 0.326 e. The second-order valence-corrected chi connectivity index (χ2v) is 10.3. The number of furan rings is 1. The van der Waals surface area contributed by atoms with Crippen LogP contribution in [0.15, 0.2) is 71.1 Å². The van der Waals surface area contributed by atoms with Crippen LogP contribution in [-0.2, 0) is 9.59 Å². The Morgan fingerprint density at radius 3 is 2.62 bits per heavy atom. The molecule has 0 bridgehead atoms. The predicted molar refractivity (Wildman–Crippen MR) is 151 cm³/mol. The van der Waals surface area contributed by atoms with Crippen molar-refractivity contribution in [3.63, 3.8) is 0 Å². The molecule has 3 heterocycles. The summed E-state index contributed by atoms with van der Waals surface area (Å²) in [6.07, 6.45) is 0.267. The monoisotopic (exact) mass is 558 g/mol. The number of aryl methyl sites for hydroxylation is 1. The highest BCUT2D eigenvalue weighted by molar-refractivity contribution is 6.33. The van der Waals surface area contributed by atoms with Gasteiger partial charge in [-0.3, -0.25) is 4.79 Å². The Bertz CT molecular complexity index is 1750. The van der Waals surface area contributed by atoms with Gasteiger partial charge in [0.15, 0.2) is 11.4 Å². The Hall–Kier alpha value is -4.50. The van der Waals surface area contributed by atoms with Crippen molar-refractivity contribution in [3.05, 3.63) is 83.4 Å². The van der Waals surface area contributed by atoms with Crippen molar-refractivity contribution >= 4 is 57.1 Å². The van der Waals surface area contributed by atoms with Gasteiger partial charge < -0.3 is 19.7 Å². The summed E-state index contributed by atoms with van der Waals surface area (Å²) in [7, 11) is 0. The lowest BCUT2D eigenvalue weighted by Gasteiger charge is -2.22. The molecule has 0 saturated carbocycles. The average Bonchev–Trinajstić information content (AvgIpc) is 3.50. The molecule has 0 aliphatic carbocycles. The fourth-order valence-electron chi connectivity index (χ4n) is 5.42. The van der Waals surface area contributed by atoms with Gasteiger partial charge in [0, 0.05) is 29.6 Å². The Morgan fingerprint density at radius 2 is 1.88 bits per heavy atom. The molecule has 8 nitrogen and oxygen atoms in total. The highest BCUT2D eigenvalue weighted by atomic mass is 35.5. The number of hydrogen-bond donors (Lipinski definition) is 2. The molecular formula is C30H24ClFN4O4. The van der Waals surface area contributed by atoms with Gasteiger partial charge in [-0.1, -0.05) is 54.1 Å². The van der Waals surface area contributed by atoms with E-state index in [4.69, 9.17) is 16.0 Å². The van der Waals surface area contributed by atoms with E-state index in [1.54, 1.807) is 36.1 Å². The van der Waals surface area contributed by atoms with E-state index in [2.05, 4.69) is 15.3 Å². The van der Waals surface area contributed by atoms with Crippen LogP contribution in [0.4, 0.5) is 15.9 Å². The molecule has 40 heavy (non-hydrogen) atoms. The topological polar surface area (TPSA) is 109 Å². The summed E-state index contributed by atoms with van der Waals surface area (Å²) in [4.78, 5) is 36.0. The molecule has 0 spiro atoms. The lowest BCUT2D eigenvalue weighted by molar-refractivity contribution is -0.138. The lowest BCUT2D eigenvalue weighted by atomic mass is 10.0. The van der Waals surface area contributed by atoms with Gasteiger partial charge in [-0.15, -0.1) is 0 Å². The summed E-state index contributed by atoms with van der Waals surface area (Å²) in [5.41, 5.74) is 2.77. The largest absolute Gasteiger partial charge is 0.480 e. The molecule has 1 saturated heterocycles. The molecule has 5 aromatic rings. The third kappa shape index (κ3) is 4.73. The van der Waals surface area contributed by atoms with Crippen LogP contribution >= 0.6 is 11.6 Å². The number of carboxylic acids is 1. The highest BCUT2D eigenvalue weighted by Crippen LogP contribution is 2.38. The third-order valence-electron chi connectivity index (χ3n) is 7.12. The van der Waals surface area contributed by atoms with Gasteiger partial charge in [-0.25, -0.2) is 19.2 Å². The molecule has 2 N–H and O–H groups in total. The Kier molecular flexibility index (Phi) is 6.59. The molecule has 2 atom stereocenters. The van der Waals surface area contributed by atoms with Gasteiger partial charge in [0.1, 0.15) is 28.8 Å². The quantitative estimate of drug-likeness (QED) is 0.246. The standard InChI is InChI=1S/C30H24ClFN4O4/c1-16-33-27-20-9-5-6-10-24(20)40-28(27)29(34-16)36-15-17(11-23(36)30(38)39)12-25(37)35-19-13-21(31)26(22(32)14-19)18-7-3-2-4-8-18/h2-10,13-14,17,23H,11-12,15H2,1H3,(H,35,37)(H,38,39)/t17-,23+/m1/s1. The number of carbonyl (C=O) groups is 2.